The van der Waals surface area contributed by atoms with Crippen LogP contribution in [-0.4, -0.2) is 53.7 Å². The Balaban J connectivity index is 1.53. The number of halogens is 1. The van der Waals surface area contributed by atoms with Crippen LogP contribution < -0.4 is 0 Å². The predicted molar refractivity (Wildman–Crippen MR) is 82.2 cm³/mol. The number of nitrogens with zero attached hydrogens (tertiary/aromatic N) is 2. The summed E-state index contributed by atoms with van der Waals surface area (Å²) in [6.07, 6.45) is 1.54. The highest BCUT2D eigenvalue weighted by atomic mass is 19.1. The van der Waals surface area contributed by atoms with E-state index in [2.05, 4.69) is 18.7 Å². The summed E-state index contributed by atoms with van der Waals surface area (Å²) in [4.78, 5) is 16.2. The third-order valence-corrected chi connectivity index (χ3v) is 4.66. The van der Waals surface area contributed by atoms with Gasteiger partial charge in [-0.25, -0.2) is 9.18 Å². The van der Waals surface area contributed by atoms with Crippen molar-refractivity contribution in [2.24, 2.45) is 0 Å². The quantitative estimate of drug-likeness (QED) is 0.838. The fourth-order valence-corrected chi connectivity index (χ4v) is 3.32. The van der Waals surface area contributed by atoms with E-state index >= 15 is 0 Å². The second-order valence-electron chi connectivity index (χ2n) is 6.46. The molecule has 2 aliphatic rings. The van der Waals surface area contributed by atoms with Gasteiger partial charge in [-0.05, 0) is 44.4 Å². The van der Waals surface area contributed by atoms with Crippen LogP contribution in [0.3, 0.4) is 0 Å². The number of carbonyl (C=O) groups excluding carboxylic acids is 1. The molecule has 120 valence electrons. The minimum Gasteiger partial charge on any atom is -0.442 e. The number of likely N-dealkylation sites (tertiary alicyclic amines) is 1. The van der Waals surface area contributed by atoms with Gasteiger partial charge in [-0.2, -0.15) is 0 Å². The summed E-state index contributed by atoms with van der Waals surface area (Å²) >= 11 is 0. The first-order valence-electron chi connectivity index (χ1n) is 8.00. The molecule has 1 amide bonds. The Labute approximate surface area is 130 Å². The number of hydrogen-bond acceptors (Lipinski definition) is 3. The lowest BCUT2D eigenvalue weighted by Gasteiger charge is -2.24. The van der Waals surface area contributed by atoms with E-state index in [4.69, 9.17) is 4.74 Å². The molecule has 0 spiro atoms. The molecule has 0 aromatic heterocycles. The van der Waals surface area contributed by atoms with Crippen LogP contribution in [0.15, 0.2) is 24.3 Å². The lowest BCUT2D eigenvalue weighted by Crippen LogP contribution is -2.39. The lowest BCUT2D eigenvalue weighted by atomic mass is 10.1. The second-order valence-corrected chi connectivity index (χ2v) is 6.46. The van der Waals surface area contributed by atoms with Gasteiger partial charge in [-0.1, -0.05) is 12.1 Å². The van der Waals surface area contributed by atoms with E-state index in [1.54, 1.807) is 12.1 Å². The summed E-state index contributed by atoms with van der Waals surface area (Å²) in [6, 6.07) is 7.22. The van der Waals surface area contributed by atoms with Crippen molar-refractivity contribution < 1.29 is 13.9 Å². The van der Waals surface area contributed by atoms with Gasteiger partial charge in [-0.15, -0.1) is 0 Å². The van der Waals surface area contributed by atoms with Crippen molar-refractivity contribution in [3.05, 3.63) is 35.6 Å². The van der Waals surface area contributed by atoms with Crippen molar-refractivity contribution in [3.8, 4) is 0 Å². The van der Waals surface area contributed by atoms with Gasteiger partial charge in [0.1, 0.15) is 11.9 Å². The fourth-order valence-electron chi connectivity index (χ4n) is 3.32. The van der Waals surface area contributed by atoms with Crippen LogP contribution in [0.2, 0.25) is 0 Å². The van der Waals surface area contributed by atoms with Gasteiger partial charge in [0.25, 0.3) is 0 Å². The van der Waals surface area contributed by atoms with Gasteiger partial charge >= 0.3 is 6.09 Å². The van der Waals surface area contributed by atoms with Gasteiger partial charge in [0, 0.05) is 25.7 Å². The largest absolute Gasteiger partial charge is 0.442 e. The summed E-state index contributed by atoms with van der Waals surface area (Å²) in [5.74, 6) is -0.213. The number of hydrogen-bond donors (Lipinski definition) is 0. The molecule has 3 rings (SSSR count). The molecule has 0 bridgehead atoms. The predicted octanol–water partition coefficient (Wildman–Crippen LogP) is 2.67. The molecule has 2 aliphatic heterocycles. The average molecular weight is 306 g/mol. The van der Waals surface area contributed by atoms with Crippen molar-refractivity contribution in [3.63, 3.8) is 0 Å². The first-order valence-corrected chi connectivity index (χ1v) is 8.00. The number of ether oxygens (including phenoxy) is 1. The van der Waals surface area contributed by atoms with Gasteiger partial charge in [0.15, 0.2) is 0 Å². The van der Waals surface area contributed by atoms with E-state index in [1.165, 1.54) is 12.1 Å². The first kappa shape index (κ1) is 15.3. The molecule has 0 aliphatic carbocycles. The monoisotopic (exact) mass is 306 g/mol. The maximum absolute atomic E-state index is 12.9. The van der Waals surface area contributed by atoms with E-state index < -0.39 is 0 Å². The Bertz CT molecular complexity index is 532. The molecule has 0 radical (unpaired) electrons. The Morgan fingerprint density at radius 3 is 2.68 bits per heavy atom. The van der Waals surface area contributed by atoms with Crippen molar-refractivity contribution in [1.82, 2.24) is 9.80 Å². The molecular formula is C17H23FN2O2. The topological polar surface area (TPSA) is 32.8 Å². The van der Waals surface area contributed by atoms with E-state index in [0.29, 0.717) is 12.6 Å². The van der Waals surface area contributed by atoms with Crippen LogP contribution in [0.25, 0.3) is 0 Å². The van der Waals surface area contributed by atoms with E-state index in [1.807, 2.05) is 4.90 Å². The summed E-state index contributed by atoms with van der Waals surface area (Å²) in [5.41, 5.74) is 1.10. The Hall–Kier alpha value is -1.62. The maximum atomic E-state index is 12.9. The van der Waals surface area contributed by atoms with Crippen LogP contribution in [0.1, 0.15) is 25.8 Å². The highest BCUT2D eigenvalue weighted by molar-refractivity contribution is 5.71. The smallest absolute Gasteiger partial charge is 0.410 e. The van der Waals surface area contributed by atoms with Crippen LogP contribution >= 0.6 is 0 Å². The third kappa shape index (κ3) is 3.09. The third-order valence-electron chi connectivity index (χ3n) is 4.66. The number of aryl methyl sites for hydroxylation is 1. The molecular weight excluding hydrogens is 283 g/mol. The molecule has 2 fully saturated rings. The highest BCUT2D eigenvalue weighted by Crippen LogP contribution is 2.28. The number of rotatable bonds is 5. The molecule has 1 aromatic carbocycles. The second kappa shape index (κ2) is 6.24. The number of benzene rings is 1. The van der Waals surface area contributed by atoms with E-state index in [9.17, 15) is 9.18 Å². The Kier molecular flexibility index (Phi) is 4.34. The van der Waals surface area contributed by atoms with Crippen LogP contribution in [0.5, 0.6) is 0 Å². The molecule has 4 nitrogen and oxygen atoms in total. The van der Waals surface area contributed by atoms with Gasteiger partial charge < -0.3 is 9.64 Å². The molecule has 5 heteroatoms. The van der Waals surface area contributed by atoms with Crippen LogP contribution in [0, 0.1) is 5.82 Å². The zero-order valence-corrected chi connectivity index (χ0v) is 13.2. The van der Waals surface area contributed by atoms with E-state index in [-0.39, 0.29) is 24.1 Å². The zero-order chi connectivity index (χ0) is 15.7. The maximum Gasteiger partial charge on any atom is 0.410 e. The Morgan fingerprint density at radius 2 is 2.00 bits per heavy atom. The summed E-state index contributed by atoms with van der Waals surface area (Å²) < 4.78 is 18.4. The SMILES string of the molecule is CC(C)N1C[C@H]2OC(=O)N(CCCc3ccc(F)cc3)[C@H]2C1. The molecule has 1 aromatic rings. The number of fused-ring (bicyclic) bond motifs is 1. The molecule has 0 saturated carbocycles. The summed E-state index contributed by atoms with van der Waals surface area (Å²) in [7, 11) is 0. The van der Waals surface area contributed by atoms with E-state index in [0.717, 1.165) is 31.5 Å². The van der Waals surface area contributed by atoms with Gasteiger partial charge in [0.05, 0.1) is 6.04 Å². The van der Waals surface area contributed by atoms with Crippen molar-refractivity contribution in [1.29, 1.82) is 0 Å². The summed E-state index contributed by atoms with van der Waals surface area (Å²) in [5, 5.41) is 0. The molecule has 22 heavy (non-hydrogen) atoms. The van der Waals surface area contributed by atoms with Crippen molar-refractivity contribution in [2.45, 2.75) is 44.9 Å². The molecule has 2 heterocycles. The highest BCUT2D eigenvalue weighted by Gasteiger charge is 2.47. The van der Waals surface area contributed by atoms with Gasteiger partial charge in [-0.3, -0.25) is 4.90 Å². The van der Waals surface area contributed by atoms with Crippen LogP contribution in [-0.2, 0) is 11.2 Å². The molecule has 2 saturated heterocycles. The summed E-state index contributed by atoms with van der Waals surface area (Å²) in [6.45, 7) is 6.76. The molecule has 2 atom stereocenters. The van der Waals surface area contributed by atoms with Crippen molar-refractivity contribution in [2.75, 3.05) is 19.6 Å². The first-order chi connectivity index (χ1) is 10.5. The normalized spacial score (nSPS) is 24.9. The fraction of sp³-hybridized carbons (Fsp3) is 0.588. The number of carbonyl (C=O) groups is 1. The van der Waals surface area contributed by atoms with Crippen molar-refractivity contribution >= 4 is 6.09 Å². The number of amides is 1. The Morgan fingerprint density at radius 1 is 1.27 bits per heavy atom. The molecule has 0 unspecified atom stereocenters. The lowest BCUT2D eigenvalue weighted by molar-refractivity contribution is 0.115. The van der Waals surface area contributed by atoms with Gasteiger partial charge in [0.2, 0.25) is 0 Å². The zero-order valence-electron chi connectivity index (χ0n) is 13.2. The minimum atomic E-state index is -0.213. The minimum absolute atomic E-state index is 0.0146. The standard InChI is InChI=1S/C17H23FN2O2/c1-12(2)19-10-15-16(11-19)22-17(21)20(15)9-3-4-13-5-7-14(18)8-6-13/h5-8,12,15-16H,3-4,9-11H2,1-2H3/t15-,16+/m0/s1. The van der Waals surface area contributed by atoms with Crippen LogP contribution in [0.4, 0.5) is 9.18 Å². The average Bonchev–Trinajstić information content (AvgIpc) is 3.00. The molecule has 0 N–H and O–H groups in total.